The molecular weight excluding hydrogens is 350 g/mol. The van der Waals surface area contributed by atoms with Crippen LogP contribution in [0.25, 0.3) is 0 Å². The predicted octanol–water partition coefficient (Wildman–Crippen LogP) is 0.709. The zero-order valence-electron chi connectivity index (χ0n) is 15.8. The lowest BCUT2D eigenvalue weighted by atomic mass is 10.2. The third-order valence-electron chi connectivity index (χ3n) is 4.33. The van der Waals surface area contributed by atoms with Gasteiger partial charge in [-0.05, 0) is 19.4 Å². The second-order valence-corrected chi connectivity index (χ2v) is 8.38. The molecule has 26 heavy (non-hydrogen) atoms. The van der Waals surface area contributed by atoms with Crippen molar-refractivity contribution in [2.75, 3.05) is 51.6 Å². The maximum Gasteiger partial charge on any atom is 0.211 e. The summed E-state index contributed by atoms with van der Waals surface area (Å²) >= 11 is 0. The Bertz CT molecular complexity index is 655. The van der Waals surface area contributed by atoms with E-state index in [-0.39, 0.29) is 5.75 Å². The van der Waals surface area contributed by atoms with Crippen LogP contribution < -0.4 is 10.0 Å². The molecule has 2 N–H and O–H groups in total. The highest BCUT2D eigenvalue weighted by molar-refractivity contribution is 7.89. The van der Waals surface area contributed by atoms with Crippen LogP contribution in [0.2, 0.25) is 0 Å². The second kappa shape index (κ2) is 10.5. The van der Waals surface area contributed by atoms with Crippen molar-refractivity contribution >= 4 is 16.0 Å². The number of guanidine groups is 1. The van der Waals surface area contributed by atoms with Gasteiger partial charge in [0.2, 0.25) is 10.0 Å². The highest BCUT2D eigenvalue weighted by Crippen LogP contribution is 2.08. The molecular formula is C18H31N5O2S. The van der Waals surface area contributed by atoms with Gasteiger partial charge in [-0.15, -0.1) is 0 Å². The Hall–Kier alpha value is -1.64. The molecule has 1 aliphatic rings. The number of hydrogen-bond donors (Lipinski definition) is 2. The van der Waals surface area contributed by atoms with Gasteiger partial charge in [-0.1, -0.05) is 30.3 Å². The van der Waals surface area contributed by atoms with Crippen LogP contribution in [0.3, 0.4) is 0 Å². The first kappa shape index (κ1) is 20.7. The van der Waals surface area contributed by atoms with Crippen LogP contribution in [0.5, 0.6) is 0 Å². The van der Waals surface area contributed by atoms with E-state index in [1.165, 1.54) is 5.56 Å². The highest BCUT2D eigenvalue weighted by Gasteiger charge is 2.19. The fraction of sp³-hybridized carbons (Fsp3) is 0.611. The third-order valence-corrected chi connectivity index (χ3v) is 5.74. The molecule has 1 saturated heterocycles. The maximum atomic E-state index is 11.5. The number of piperazine rings is 1. The third kappa shape index (κ3) is 6.93. The molecule has 0 atom stereocenters. The molecule has 0 bridgehead atoms. The number of nitrogens with zero attached hydrogens (tertiary/aromatic N) is 3. The van der Waals surface area contributed by atoms with E-state index in [4.69, 9.17) is 0 Å². The molecule has 0 aliphatic carbocycles. The average molecular weight is 382 g/mol. The molecule has 2 rings (SSSR count). The normalized spacial score (nSPS) is 16.7. The van der Waals surface area contributed by atoms with Gasteiger partial charge in [-0.25, -0.2) is 13.1 Å². The van der Waals surface area contributed by atoms with E-state index in [1.807, 2.05) is 13.0 Å². The second-order valence-electron chi connectivity index (χ2n) is 6.28. The zero-order valence-corrected chi connectivity index (χ0v) is 16.6. The molecule has 0 aromatic heterocycles. The van der Waals surface area contributed by atoms with Crippen LogP contribution in [-0.2, 0) is 16.6 Å². The monoisotopic (exact) mass is 381 g/mol. The van der Waals surface area contributed by atoms with Gasteiger partial charge < -0.3 is 10.2 Å². The molecule has 1 aliphatic heterocycles. The van der Waals surface area contributed by atoms with Gasteiger partial charge in [-0.2, -0.15) is 0 Å². The molecule has 0 radical (unpaired) electrons. The summed E-state index contributed by atoms with van der Waals surface area (Å²) in [6.45, 7) is 10.0. The number of sulfonamides is 1. The number of nitrogens with one attached hydrogen (secondary N) is 2. The Labute approximate surface area is 157 Å². The Morgan fingerprint density at radius 3 is 2.42 bits per heavy atom. The van der Waals surface area contributed by atoms with Crippen LogP contribution in [0, 0.1) is 0 Å². The molecule has 0 saturated carbocycles. The molecule has 8 heteroatoms. The van der Waals surface area contributed by atoms with Crippen molar-refractivity contribution in [2.45, 2.75) is 20.4 Å². The van der Waals surface area contributed by atoms with Crippen LogP contribution in [0.1, 0.15) is 19.4 Å². The molecule has 1 aromatic rings. The molecule has 7 nitrogen and oxygen atoms in total. The lowest BCUT2D eigenvalue weighted by molar-refractivity contribution is 0.172. The molecule has 0 unspecified atom stereocenters. The first-order valence-corrected chi connectivity index (χ1v) is 11.0. The Morgan fingerprint density at radius 1 is 1.12 bits per heavy atom. The standard InChI is InChI=1S/C18H31N5O2S/c1-3-19-18(20-10-11-21-26(24,25)4-2)23-14-12-22(13-15-23)16-17-8-6-5-7-9-17/h5-9,21H,3-4,10-16H2,1-2H3,(H,19,20). The molecule has 0 amide bonds. The van der Waals surface area contributed by atoms with E-state index in [9.17, 15) is 8.42 Å². The summed E-state index contributed by atoms with van der Waals surface area (Å²) in [5.41, 5.74) is 1.34. The smallest absolute Gasteiger partial charge is 0.211 e. The molecule has 1 heterocycles. The number of rotatable bonds is 8. The summed E-state index contributed by atoms with van der Waals surface area (Å²) in [6, 6.07) is 10.5. The summed E-state index contributed by atoms with van der Waals surface area (Å²) in [5, 5.41) is 3.31. The van der Waals surface area contributed by atoms with E-state index in [0.29, 0.717) is 13.1 Å². The summed E-state index contributed by atoms with van der Waals surface area (Å²) < 4.78 is 25.5. The Balaban J connectivity index is 1.82. The average Bonchev–Trinajstić information content (AvgIpc) is 2.66. The number of benzene rings is 1. The van der Waals surface area contributed by atoms with Crippen molar-refractivity contribution in [3.8, 4) is 0 Å². The van der Waals surface area contributed by atoms with Crippen LogP contribution in [-0.4, -0.2) is 75.7 Å². The van der Waals surface area contributed by atoms with Crippen molar-refractivity contribution in [2.24, 2.45) is 4.99 Å². The lowest BCUT2D eigenvalue weighted by Gasteiger charge is -2.36. The maximum absolute atomic E-state index is 11.5. The van der Waals surface area contributed by atoms with E-state index in [1.54, 1.807) is 6.92 Å². The fourth-order valence-corrected chi connectivity index (χ4v) is 3.46. The van der Waals surface area contributed by atoms with E-state index >= 15 is 0 Å². The van der Waals surface area contributed by atoms with E-state index in [0.717, 1.165) is 45.2 Å². The number of hydrogen-bond acceptors (Lipinski definition) is 4. The molecule has 1 aromatic carbocycles. The van der Waals surface area contributed by atoms with E-state index in [2.05, 4.69) is 49.1 Å². The van der Waals surface area contributed by atoms with Crippen molar-refractivity contribution in [3.63, 3.8) is 0 Å². The Morgan fingerprint density at radius 2 is 1.81 bits per heavy atom. The minimum atomic E-state index is -3.15. The molecule has 146 valence electrons. The lowest BCUT2D eigenvalue weighted by Crippen LogP contribution is -2.52. The SMILES string of the molecule is CCNC(=NCCNS(=O)(=O)CC)N1CCN(Cc2ccccc2)CC1. The summed E-state index contributed by atoms with van der Waals surface area (Å²) in [4.78, 5) is 9.27. The van der Waals surface area contributed by atoms with Crippen molar-refractivity contribution in [3.05, 3.63) is 35.9 Å². The van der Waals surface area contributed by atoms with Crippen molar-refractivity contribution in [1.82, 2.24) is 19.8 Å². The van der Waals surface area contributed by atoms with Crippen LogP contribution in [0.4, 0.5) is 0 Å². The fourth-order valence-electron chi connectivity index (χ4n) is 2.85. The van der Waals surface area contributed by atoms with E-state index < -0.39 is 10.0 Å². The number of aliphatic imine (C=N–C) groups is 1. The first-order valence-electron chi connectivity index (χ1n) is 9.31. The topological polar surface area (TPSA) is 77.0 Å². The van der Waals surface area contributed by atoms with Gasteiger partial charge in [-0.3, -0.25) is 9.89 Å². The molecule has 1 fully saturated rings. The largest absolute Gasteiger partial charge is 0.357 e. The minimum absolute atomic E-state index is 0.0974. The minimum Gasteiger partial charge on any atom is -0.357 e. The molecule has 0 spiro atoms. The zero-order chi connectivity index (χ0) is 18.8. The van der Waals surface area contributed by atoms with Gasteiger partial charge in [0.15, 0.2) is 5.96 Å². The van der Waals surface area contributed by atoms with Crippen molar-refractivity contribution < 1.29 is 8.42 Å². The van der Waals surface area contributed by atoms with Gasteiger partial charge in [0.05, 0.1) is 12.3 Å². The summed E-state index contributed by atoms with van der Waals surface area (Å²) in [7, 11) is -3.15. The Kier molecular flexibility index (Phi) is 8.34. The van der Waals surface area contributed by atoms with Gasteiger partial charge >= 0.3 is 0 Å². The summed E-state index contributed by atoms with van der Waals surface area (Å²) in [5.74, 6) is 0.961. The van der Waals surface area contributed by atoms with Crippen molar-refractivity contribution in [1.29, 1.82) is 0 Å². The van der Waals surface area contributed by atoms with Gasteiger partial charge in [0.25, 0.3) is 0 Å². The van der Waals surface area contributed by atoms with Gasteiger partial charge in [0.1, 0.15) is 0 Å². The van der Waals surface area contributed by atoms with Gasteiger partial charge in [0, 0.05) is 45.8 Å². The first-order chi connectivity index (χ1) is 12.5. The predicted molar refractivity (Wildman–Crippen MR) is 107 cm³/mol. The van der Waals surface area contributed by atoms with Crippen LogP contribution >= 0.6 is 0 Å². The van der Waals surface area contributed by atoms with Crippen LogP contribution in [0.15, 0.2) is 35.3 Å². The highest BCUT2D eigenvalue weighted by atomic mass is 32.2. The summed E-state index contributed by atoms with van der Waals surface area (Å²) in [6.07, 6.45) is 0. The quantitative estimate of drug-likeness (QED) is 0.394.